The van der Waals surface area contributed by atoms with E-state index in [2.05, 4.69) is 5.10 Å². The molecule has 0 atom stereocenters. The molecule has 5 nitrogen and oxygen atoms in total. The zero-order chi connectivity index (χ0) is 13.6. The first-order valence-corrected chi connectivity index (χ1v) is 6.51. The molecule has 1 aliphatic carbocycles. The van der Waals surface area contributed by atoms with Crippen LogP contribution in [0.5, 0.6) is 0 Å². The van der Waals surface area contributed by atoms with Crippen LogP contribution < -0.4 is 5.73 Å². The van der Waals surface area contributed by atoms with E-state index in [0.29, 0.717) is 24.2 Å². The second kappa shape index (κ2) is 3.98. The Balaban J connectivity index is 2.30. The lowest BCUT2D eigenvalue weighted by Gasteiger charge is -2.21. The maximum atomic E-state index is 11.8. The molecule has 1 aromatic carbocycles. The molecule has 0 amide bonds. The van der Waals surface area contributed by atoms with Crippen molar-refractivity contribution in [1.29, 1.82) is 0 Å². The predicted octanol–water partition coefficient (Wildman–Crippen LogP) is 2.05. The summed E-state index contributed by atoms with van der Waals surface area (Å²) >= 11 is 0. The number of fused-ring (bicyclic) bond motifs is 1. The summed E-state index contributed by atoms with van der Waals surface area (Å²) in [5.74, 6) is -0.771. The number of aromatic nitrogens is 2. The van der Waals surface area contributed by atoms with Crippen molar-refractivity contribution in [1.82, 2.24) is 9.78 Å². The Kier molecular flexibility index (Phi) is 2.52. The Morgan fingerprint density at radius 1 is 1.42 bits per heavy atom. The molecule has 19 heavy (non-hydrogen) atoms. The Hall–Kier alpha value is -2.04. The number of carboxylic acid groups (broad SMARTS) is 1. The molecule has 100 valence electrons. The van der Waals surface area contributed by atoms with Gasteiger partial charge in [-0.2, -0.15) is 5.10 Å². The molecule has 3 N–H and O–H groups in total. The number of carbonyl (C=O) groups is 1. The molecule has 1 heterocycles. The van der Waals surface area contributed by atoms with E-state index in [4.69, 9.17) is 5.73 Å². The number of nitrogens with two attached hydrogens (primary N) is 1. The Morgan fingerprint density at radius 3 is 2.74 bits per heavy atom. The number of hydrogen-bond acceptors (Lipinski definition) is 3. The summed E-state index contributed by atoms with van der Waals surface area (Å²) in [7, 11) is 1.84. The first kappa shape index (κ1) is 12.0. The fourth-order valence-corrected chi connectivity index (χ4v) is 3.17. The average molecular weight is 259 g/mol. The number of aliphatic carboxylic acids is 1. The van der Waals surface area contributed by atoms with Crippen LogP contribution in [0.2, 0.25) is 0 Å². The summed E-state index contributed by atoms with van der Waals surface area (Å²) in [5, 5.41) is 15.0. The highest BCUT2D eigenvalue weighted by molar-refractivity contribution is 5.92. The third-order valence-electron chi connectivity index (χ3n) is 4.19. The summed E-state index contributed by atoms with van der Waals surface area (Å²) in [6, 6.07) is 5.54. The highest BCUT2D eigenvalue weighted by Gasteiger charge is 2.46. The summed E-state index contributed by atoms with van der Waals surface area (Å²) in [6.45, 7) is 0. The van der Waals surface area contributed by atoms with Crippen molar-refractivity contribution < 1.29 is 9.90 Å². The third kappa shape index (κ3) is 1.61. The molecule has 1 aliphatic rings. The molecule has 2 aromatic rings. The fraction of sp³-hybridized carbons (Fsp3) is 0.429. The van der Waals surface area contributed by atoms with E-state index in [1.165, 1.54) is 0 Å². The molecule has 1 saturated carbocycles. The van der Waals surface area contributed by atoms with Crippen LogP contribution >= 0.6 is 0 Å². The number of rotatable bonds is 2. The van der Waals surface area contributed by atoms with E-state index >= 15 is 0 Å². The van der Waals surface area contributed by atoms with Crippen LogP contribution in [0.4, 0.5) is 5.69 Å². The number of nitrogens with zero attached hydrogens (tertiary/aromatic N) is 2. The summed E-state index contributed by atoms with van der Waals surface area (Å²) in [6.07, 6.45) is 3.19. The number of anilines is 1. The Bertz CT molecular complexity index is 654. The molecule has 5 heteroatoms. The van der Waals surface area contributed by atoms with E-state index < -0.39 is 11.4 Å². The van der Waals surface area contributed by atoms with Gasteiger partial charge in [-0.25, -0.2) is 0 Å². The standard InChI is InChI=1S/C14H17N3O2/c1-17-11-5-4-9(15)8-10(11)12(16-17)14(13(18)19)6-2-3-7-14/h4-5,8H,2-3,6-7,15H2,1H3,(H,18,19). The normalized spacial score (nSPS) is 17.9. The van der Waals surface area contributed by atoms with E-state index in [-0.39, 0.29) is 0 Å². The first-order valence-electron chi connectivity index (χ1n) is 6.51. The zero-order valence-electron chi connectivity index (χ0n) is 10.9. The van der Waals surface area contributed by atoms with Gasteiger partial charge in [-0.15, -0.1) is 0 Å². The molecular formula is C14H17N3O2. The minimum absolute atomic E-state index is 0.639. The van der Waals surface area contributed by atoms with Crippen LogP contribution in [0.1, 0.15) is 31.4 Å². The van der Waals surface area contributed by atoms with Gasteiger partial charge in [0.1, 0.15) is 5.41 Å². The molecule has 0 spiro atoms. The lowest BCUT2D eigenvalue weighted by molar-refractivity contribution is -0.143. The zero-order valence-corrected chi connectivity index (χ0v) is 10.9. The molecular weight excluding hydrogens is 242 g/mol. The van der Waals surface area contributed by atoms with E-state index in [1.807, 2.05) is 25.2 Å². The van der Waals surface area contributed by atoms with Crippen molar-refractivity contribution >= 4 is 22.6 Å². The van der Waals surface area contributed by atoms with Crippen LogP contribution in [0.15, 0.2) is 18.2 Å². The Morgan fingerprint density at radius 2 is 2.11 bits per heavy atom. The van der Waals surface area contributed by atoms with Crippen molar-refractivity contribution in [2.75, 3.05) is 5.73 Å². The average Bonchev–Trinajstić information content (AvgIpc) is 2.95. The summed E-state index contributed by atoms with van der Waals surface area (Å²) in [5.41, 5.74) is 7.23. The monoisotopic (exact) mass is 259 g/mol. The van der Waals surface area contributed by atoms with E-state index in [0.717, 1.165) is 23.7 Å². The number of nitrogen functional groups attached to an aromatic ring is 1. The van der Waals surface area contributed by atoms with Gasteiger partial charge in [-0.1, -0.05) is 12.8 Å². The fourth-order valence-electron chi connectivity index (χ4n) is 3.17. The molecule has 0 saturated heterocycles. The second-order valence-corrected chi connectivity index (χ2v) is 5.34. The van der Waals surface area contributed by atoms with Gasteiger partial charge in [0.15, 0.2) is 0 Å². The van der Waals surface area contributed by atoms with Crippen molar-refractivity contribution in [3.8, 4) is 0 Å². The van der Waals surface area contributed by atoms with Crippen molar-refractivity contribution in [2.45, 2.75) is 31.1 Å². The SMILES string of the molecule is Cn1nc(C2(C(=O)O)CCCC2)c2cc(N)ccc21. The molecule has 0 bridgehead atoms. The van der Waals surface area contributed by atoms with Crippen LogP contribution in [0.3, 0.4) is 0 Å². The lowest BCUT2D eigenvalue weighted by atomic mass is 9.81. The van der Waals surface area contributed by atoms with Crippen molar-refractivity contribution in [3.05, 3.63) is 23.9 Å². The van der Waals surface area contributed by atoms with Crippen LogP contribution in [0.25, 0.3) is 10.9 Å². The maximum Gasteiger partial charge on any atom is 0.315 e. The van der Waals surface area contributed by atoms with Gasteiger partial charge >= 0.3 is 5.97 Å². The topological polar surface area (TPSA) is 81.1 Å². The van der Waals surface area contributed by atoms with E-state index in [1.54, 1.807) is 4.68 Å². The predicted molar refractivity (Wildman–Crippen MR) is 72.9 cm³/mol. The van der Waals surface area contributed by atoms with Gasteiger partial charge in [-0.05, 0) is 31.0 Å². The highest BCUT2D eigenvalue weighted by Crippen LogP contribution is 2.43. The van der Waals surface area contributed by atoms with Gasteiger partial charge in [0.05, 0.1) is 11.2 Å². The van der Waals surface area contributed by atoms with E-state index in [9.17, 15) is 9.90 Å². The number of benzene rings is 1. The summed E-state index contributed by atoms with van der Waals surface area (Å²) < 4.78 is 1.74. The van der Waals surface area contributed by atoms with Gasteiger partial charge in [0.25, 0.3) is 0 Å². The van der Waals surface area contributed by atoms with Crippen LogP contribution in [-0.4, -0.2) is 20.9 Å². The number of aryl methyl sites for hydroxylation is 1. The largest absolute Gasteiger partial charge is 0.481 e. The van der Waals surface area contributed by atoms with Crippen LogP contribution in [-0.2, 0) is 17.3 Å². The molecule has 0 unspecified atom stereocenters. The summed E-state index contributed by atoms with van der Waals surface area (Å²) in [4.78, 5) is 11.8. The molecule has 1 aromatic heterocycles. The van der Waals surface area contributed by atoms with Crippen molar-refractivity contribution in [2.24, 2.45) is 7.05 Å². The number of carboxylic acids is 1. The molecule has 3 rings (SSSR count). The van der Waals surface area contributed by atoms with Gasteiger partial charge in [0, 0.05) is 18.1 Å². The number of hydrogen-bond donors (Lipinski definition) is 2. The van der Waals surface area contributed by atoms with Gasteiger partial charge in [0.2, 0.25) is 0 Å². The maximum absolute atomic E-state index is 11.8. The highest BCUT2D eigenvalue weighted by atomic mass is 16.4. The second-order valence-electron chi connectivity index (χ2n) is 5.34. The lowest BCUT2D eigenvalue weighted by Crippen LogP contribution is -2.33. The molecule has 0 aliphatic heterocycles. The third-order valence-corrected chi connectivity index (χ3v) is 4.19. The van der Waals surface area contributed by atoms with Crippen molar-refractivity contribution in [3.63, 3.8) is 0 Å². The minimum atomic E-state index is -0.840. The Labute approximate surface area is 111 Å². The quantitative estimate of drug-likeness (QED) is 0.809. The van der Waals surface area contributed by atoms with Gasteiger partial charge in [-0.3, -0.25) is 9.48 Å². The minimum Gasteiger partial charge on any atom is -0.481 e. The van der Waals surface area contributed by atoms with Gasteiger partial charge < -0.3 is 10.8 Å². The molecule has 1 fully saturated rings. The first-order chi connectivity index (χ1) is 9.04. The molecule has 0 radical (unpaired) electrons. The van der Waals surface area contributed by atoms with Crippen LogP contribution in [0, 0.1) is 0 Å². The smallest absolute Gasteiger partial charge is 0.315 e.